The fraction of sp³-hybridized carbons (Fsp3) is 0. The number of fused-ring (bicyclic) bond motifs is 7. The summed E-state index contributed by atoms with van der Waals surface area (Å²) in [5, 5.41) is 2.38. The lowest BCUT2D eigenvalue weighted by molar-refractivity contribution is 1.14. The number of rotatable bonds is 5. The van der Waals surface area contributed by atoms with E-state index in [-0.39, 0.29) is 0 Å². The molecule has 0 atom stereocenters. The van der Waals surface area contributed by atoms with Crippen molar-refractivity contribution >= 4 is 90.1 Å². The Hall–Kier alpha value is -8.02. The van der Waals surface area contributed by atoms with Gasteiger partial charge in [-0.15, -0.1) is 0 Å². The Morgan fingerprint density at radius 1 is 0.220 bits per heavy atom. The first-order valence-electron chi connectivity index (χ1n) is 20.1. The quantitative estimate of drug-likeness (QED) is 0.174. The van der Waals surface area contributed by atoms with Crippen LogP contribution in [0.3, 0.4) is 0 Å². The fourth-order valence-corrected chi connectivity index (χ4v) is 9.34. The molecule has 3 heterocycles. The third-order valence-electron chi connectivity index (χ3n) is 11.7. The largest absolute Gasteiger partial charge is 0.307 e. The Morgan fingerprint density at radius 2 is 0.559 bits per heavy atom. The first kappa shape index (κ1) is 33.2. The highest BCUT2D eigenvalue weighted by Crippen LogP contribution is 2.59. The molecule has 9 aromatic carbocycles. The van der Waals surface area contributed by atoms with Crippen molar-refractivity contribution in [2.24, 2.45) is 0 Å². The summed E-state index contributed by atoms with van der Waals surface area (Å²) >= 11 is 0. The van der Waals surface area contributed by atoms with Crippen LogP contribution in [0.4, 0.5) is 68.2 Å². The molecule has 0 amide bonds. The summed E-state index contributed by atoms with van der Waals surface area (Å²) in [5.41, 5.74) is 16.7. The first-order chi connectivity index (χ1) is 29.3. The highest BCUT2D eigenvalue weighted by molar-refractivity contribution is 6.18. The predicted octanol–water partition coefficient (Wildman–Crippen LogP) is 15.3. The van der Waals surface area contributed by atoms with E-state index in [1.54, 1.807) is 0 Å². The molecule has 0 bridgehead atoms. The first-order valence-corrected chi connectivity index (χ1v) is 20.1. The number of hydrogen-bond acceptors (Lipinski definition) is 4. The van der Waals surface area contributed by atoms with E-state index in [0.29, 0.717) is 0 Å². The molecule has 0 radical (unpaired) electrons. The smallest absolute Gasteiger partial charge is 0.0784 e. The lowest BCUT2D eigenvalue weighted by atomic mass is 10.0. The van der Waals surface area contributed by atoms with Crippen LogP contribution < -0.4 is 19.6 Å². The molecule has 59 heavy (non-hydrogen) atoms. The number of para-hydroxylation sites is 12. The zero-order chi connectivity index (χ0) is 38.9. The van der Waals surface area contributed by atoms with Gasteiger partial charge in [-0.1, -0.05) is 121 Å². The molecule has 0 N–H and O–H groups in total. The summed E-state index contributed by atoms with van der Waals surface area (Å²) in [6.07, 6.45) is 0. The molecule has 0 fully saturated rings. The van der Waals surface area contributed by atoms with E-state index in [2.05, 4.69) is 249 Å². The lowest BCUT2D eigenvalue weighted by Crippen LogP contribution is -2.25. The van der Waals surface area contributed by atoms with Gasteiger partial charge < -0.3 is 24.2 Å². The Balaban J connectivity index is 1.20. The van der Waals surface area contributed by atoms with Gasteiger partial charge in [0.25, 0.3) is 0 Å². The molecule has 2 aliphatic rings. The van der Waals surface area contributed by atoms with Crippen molar-refractivity contribution in [3.05, 3.63) is 224 Å². The van der Waals surface area contributed by atoms with Crippen LogP contribution in [0.1, 0.15) is 0 Å². The number of benzene rings is 9. The molecular weight excluding hydrogens is 719 g/mol. The third kappa shape index (κ3) is 5.05. The lowest BCUT2D eigenvalue weighted by Gasteiger charge is -2.42. The minimum absolute atomic E-state index is 1.08. The SMILES string of the molecule is c1ccc(N2c3ccccc3N(c3cc(N4c5ccccc5N(c5ccccc5)c5ccccc54)c4c(c3)c3ccccc3n4-c3ccccc3)c3ccccc32)cc1. The zero-order valence-electron chi connectivity index (χ0n) is 32.1. The van der Waals surface area contributed by atoms with Crippen molar-refractivity contribution in [2.45, 2.75) is 0 Å². The summed E-state index contributed by atoms with van der Waals surface area (Å²) < 4.78 is 2.45. The highest BCUT2D eigenvalue weighted by atomic mass is 15.3. The summed E-state index contributed by atoms with van der Waals surface area (Å²) in [5.74, 6) is 0. The van der Waals surface area contributed by atoms with Crippen molar-refractivity contribution in [2.75, 3.05) is 19.6 Å². The monoisotopic (exact) mass is 755 g/mol. The normalized spacial score (nSPS) is 12.9. The Bertz CT molecular complexity index is 3100. The van der Waals surface area contributed by atoms with Crippen LogP contribution in [0.5, 0.6) is 0 Å². The molecule has 0 spiro atoms. The van der Waals surface area contributed by atoms with Gasteiger partial charge in [0.15, 0.2) is 0 Å². The molecule has 5 nitrogen and oxygen atoms in total. The Kier molecular flexibility index (Phi) is 7.47. The molecule has 2 aliphatic heterocycles. The molecule has 0 saturated carbocycles. The van der Waals surface area contributed by atoms with E-state index in [0.717, 1.165) is 85.0 Å². The second-order valence-electron chi connectivity index (χ2n) is 15.0. The van der Waals surface area contributed by atoms with Crippen molar-refractivity contribution < 1.29 is 0 Å². The zero-order valence-corrected chi connectivity index (χ0v) is 32.1. The maximum atomic E-state index is 2.49. The van der Waals surface area contributed by atoms with Crippen LogP contribution in [0.25, 0.3) is 27.5 Å². The van der Waals surface area contributed by atoms with Crippen LogP contribution >= 0.6 is 0 Å². The van der Waals surface area contributed by atoms with E-state index in [9.17, 15) is 0 Å². The van der Waals surface area contributed by atoms with Gasteiger partial charge in [-0.2, -0.15) is 0 Å². The second kappa shape index (κ2) is 13.3. The van der Waals surface area contributed by atoms with Gasteiger partial charge in [-0.3, -0.25) is 0 Å². The van der Waals surface area contributed by atoms with Crippen LogP contribution in [0.2, 0.25) is 0 Å². The molecule has 10 aromatic rings. The van der Waals surface area contributed by atoms with Gasteiger partial charge in [0.1, 0.15) is 0 Å². The number of aromatic nitrogens is 1. The van der Waals surface area contributed by atoms with E-state index < -0.39 is 0 Å². The van der Waals surface area contributed by atoms with Crippen LogP contribution in [0, 0.1) is 0 Å². The van der Waals surface area contributed by atoms with Gasteiger partial charge in [-0.25, -0.2) is 0 Å². The van der Waals surface area contributed by atoms with Crippen LogP contribution in [0.15, 0.2) is 224 Å². The van der Waals surface area contributed by atoms with Gasteiger partial charge in [-0.05, 0) is 103 Å². The van der Waals surface area contributed by atoms with Crippen molar-refractivity contribution in [3.63, 3.8) is 0 Å². The number of nitrogens with zero attached hydrogens (tertiary/aromatic N) is 5. The fourth-order valence-electron chi connectivity index (χ4n) is 9.34. The maximum absolute atomic E-state index is 2.49. The molecule has 1 aromatic heterocycles. The van der Waals surface area contributed by atoms with E-state index in [1.807, 2.05) is 0 Å². The van der Waals surface area contributed by atoms with Crippen LogP contribution in [-0.2, 0) is 0 Å². The Labute approximate surface area is 343 Å². The van der Waals surface area contributed by atoms with Crippen LogP contribution in [-0.4, -0.2) is 4.57 Å². The molecule has 278 valence electrons. The minimum atomic E-state index is 1.08. The standard InChI is InChI=1S/C54H37N5/c1-4-20-38(21-5-1)55-45-28-12-14-30-47(45)57(48-31-15-13-29-46(48)55)41-36-43-42-26-10-11-27-44(42)58(40-24-8-3-9-25-40)54(43)53(37-41)59-51-34-18-16-32-49(51)56(39-22-6-2-7-23-39)50-33-17-19-35-52(50)59/h1-37H. The van der Waals surface area contributed by atoms with E-state index in [4.69, 9.17) is 0 Å². The molecule has 0 saturated heterocycles. The third-order valence-corrected chi connectivity index (χ3v) is 11.7. The molecule has 0 unspecified atom stereocenters. The summed E-state index contributed by atoms with van der Waals surface area (Å²) in [7, 11) is 0. The van der Waals surface area contributed by atoms with Crippen molar-refractivity contribution in [1.82, 2.24) is 4.57 Å². The van der Waals surface area contributed by atoms with Gasteiger partial charge >= 0.3 is 0 Å². The average Bonchev–Trinajstić information content (AvgIpc) is 3.65. The molecule has 12 rings (SSSR count). The molecule has 0 aliphatic carbocycles. The minimum Gasteiger partial charge on any atom is -0.307 e. The van der Waals surface area contributed by atoms with Crippen molar-refractivity contribution in [3.8, 4) is 5.69 Å². The summed E-state index contributed by atoms with van der Waals surface area (Å²) in [6.45, 7) is 0. The van der Waals surface area contributed by atoms with Gasteiger partial charge in [0.2, 0.25) is 0 Å². The van der Waals surface area contributed by atoms with E-state index in [1.165, 1.54) is 10.8 Å². The summed E-state index contributed by atoms with van der Waals surface area (Å²) in [4.78, 5) is 9.73. The molecule has 5 heteroatoms. The average molecular weight is 756 g/mol. The maximum Gasteiger partial charge on any atom is 0.0784 e. The number of anilines is 12. The van der Waals surface area contributed by atoms with Gasteiger partial charge in [0.05, 0.1) is 62.2 Å². The second-order valence-corrected chi connectivity index (χ2v) is 15.0. The number of hydrogen-bond donors (Lipinski definition) is 0. The van der Waals surface area contributed by atoms with Gasteiger partial charge in [0, 0.05) is 33.5 Å². The highest BCUT2D eigenvalue weighted by Gasteiger charge is 2.35. The predicted molar refractivity (Wildman–Crippen MR) is 247 cm³/mol. The Morgan fingerprint density at radius 3 is 1.00 bits per heavy atom. The topological polar surface area (TPSA) is 17.9 Å². The molecular formula is C54H37N5. The van der Waals surface area contributed by atoms with Crippen molar-refractivity contribution in [1.29, 1.82) is 0 Å². The van der Waals surface area contributed by atoms with E-state index >= 15 is 0 Å². The summed E-state index contributed by atoms with van der Waals surface area (Å²) in [6, 6.07) is 81.0.